The van der Waals surface area contributed by atoms with Crippen molar-refractivity contribution in [3.05, 3.63) is 16.6 Å². The zero-order chi connectivity index (χ0) is 11.8. The molecule has 0 radical (unpaired) electrons. The summed E-state index contributed by atoms with van der Waals surface area (Å²) in [5.41, 5.74) is 1.79. The van der Waals surface area contributed by atoms with Gasteiger partial charge in [0.05, 0.1) is 12.1 Å². The molecule has 0 aliphatic heterocycles. The molecule has 0 aliphatic rings. The lowest BCUT2D eigenvalue weighted by Crippen LogP contribution is -2.39. The molecular weight excluding hydrogens is 222 g/mol. The van der Waals surface area contributed by atoms with Gasteiger partial charge in [0.2, 0.25) is 5.91 Å². The Morgan fingerprint density at radius 2 is 2.25 bits per heavy atom. The van der Waals surface area contributed by atoms with Gasteiger partial charge in [-0.25, -0.2) is 0 Å². The first kappa shape index (κ1) is 13.1. The van der Waals surface area contributed by atoms with Crippen molar-refractivity contribution in [3.63, 3.8) is 0 Å². The second-order valence-corrected chi connectivity index (χ2v) is 4.62. The first-order chi connectivity index (χ1) is 7.76. The summed E-state index contributed by atoms with van der Waals surface area (Å²) in [5, 5.41) is 6.08. The predicted octanol–water partition coefficient (Wildman–Crippen LogP) is 1.54. The first-order valence-corrected chi connectivity index (χ1v) is 6.51. The van der Waals surface area contributed by atoms with Crippen molar-refractivity contribution in [2.45, 2.75) is 39.3 Å². The normalized spacial score (nSPS) is 10.7. The standard InChI is InChI=1S/C11H19N3OS/c1-3-9(4-2)14-11(15)7-12-5-10-6-13-8-16-10/h6,8-9,12H,3-5,7H2,1-2H3,(H,14,15). The number of thiazole rings is 1. The third-order valence-corrected chi connectivity index (χ3v) is 3.20. The Kier molecular flexibility index (Phi) is 6.03. The first-order valence-electron chi connectivity index (χ1n) is 5.63. The lowest BCUT2D eigenvalue weighted by Gasteiger charge is -2.14. The van der Waals surface area contributed by atoms with Crippen LogP contribution in [0.4, 0.5) is 0 Å². The van der Waals surface area contributed by atoms with Crippen molar-refractivity contribution in [2.75, 3.05) is 6.54 Å². The van der Waals surface area contributed by atoms with E-state index in [1.54, 1.807) is 16.8 Å². The molecule has 90 valence electrons. The van der Waals surface area contributed by atoms with Crippen molar-refractivity contribution < 1.29 is 4.79 Å². The lowest BCUT2D eigenvalue weighted by atomic mass is 10.2. The van der Waals surface area contributed by atoms with Crippen molar-refractivity contribution in [3.8, 4) is 0 Å². The summed E-state index contributed by atoms with van der Waals surface area (Å²) in [4.78, 5) is 16.6. The third kappa shape index (κ3) is 4.72. The largest absolute Gasteiger partial charge is 0.352 e. The summed E-state index contributed by atoms with van der Waals surface area (Å²) in [6.45, 7) is 5.24. The molecule has 1 amide bonds. The van der Waals surface area contributed by atoms with E-state index in [0.717, 1.165) is 17.7 Å². The number of aromatic nitrogens is 1. The van der Waals surface area contributed by atoms with Crippen LogP contribution in [0.2, 0.25) is 0 Å². The number of hydrogen-bond acceptors (Lipinski definition) is 4. The zero-order valence-electron chi connectivity index (χ0n) is 9.82. The van der Waals surface area contributed by atoms with Crippen molar-refractivity contribution in [1.29, 1.82) is 0 Å². The quantitative estimate of drug-likeness (QED) is 0.761. The van der Waals surface area contributed by atoms with Crippen LogP contribution in [0.15, 0.2) is 11.7 Å². The van der Waals surface area contributed by atoms with E-state index in [9.17, 15) is 4.79 Å². The predicted molar refractivity (Wildman–Crippen MR) is 66.3 cm³/mol. The van der Waals surface area contributed by atoms with E-state index < -0.39 is 0 Å². The van der Waals surface area contributed by atoms with Gasteiger partial charge < -0.3 is 10.6 Å². The average molecular weight is 241 g/mol. The van der Waals surface area contributed by atoms with Crippen LogP contribution in [0.1, 0.15) is 31.6 Å². The molecular formula is C11H19N3OS. The van der Waals surface area contributed by atoms with Gasteiger partial charge in [0.15, 0.2) is 0 Å². The molecule has 0 atom stereocenters. The summed E-state index contributed by atoms with van der Waals surface area (Å²) >= 11 is 1.59. The van der Waals surface area contributed by atoms with E-state index in [-0.39, 0.29) is 5.91 Å². The molecule has 5 heteroatoms. The van der Waals surface area contributed by atoms with Crippen LogP contribution in [-0.4, -0.2) is 23.5 Å². The van der Waals surface area contributed by atoms with E-state index in [1.807, 2.05) is 6.20 Å². The number of nitrogens with zero attached hydrogens (tertiary/aromatic N) is 1. The number of rotatable bonds is 7. The molecule has 4 nitrogen and oxygen atoms in total. The molecule has 0 bridgehead atoms. The summed E-state index contributed by atoms with van der Waals surface area (Å²) in [5.74, 6) is 0.0678. The molecule has 1 rings (SSSR count). The van der Waals surface area contributed by atoms with Gasteiger partial charge in [-0.1, -0.05) is 13.8 Å². The van der Waals surface area contributed by atoms with Gasteiger partial charge in [0.1, 0.15) is 0 Å². The van der Waals surface area contributed by atoms with E-state index in [0.29, 0.717) is 19.1 Å². The van der Waals surface area contributed by atoms with Crippen LogP contribution in [0.3, 0.4) is 0 Å². The van der Waals surface area contributed by atoms with Crippen LogP contribution in [0, 0.1) is 0 Å². The maximum atomic E-state index is 11.5. The minimum absolute atomic E-state index is 0.0678. The minimum Gasteiger partial charge on any atom is -0.352 e. The Balaban J connectivity index is 2.15. The van der Waals surface area contributed by atoms with Gasteiger partial charge in [-0.2, -0.15) is 0 Å². The Hall–Kier alpha value is -0.940. The second kappa shape index (κ2) is 7.35. The summed E-state index contributed by atoms with van der Waals surface area (Å²) in [6, 6.07) is 0.303. The van der Waals surface area contributed by atoms with Gasteiger partial charge in [-0.05, 0) is 12.8 Å². The van der Waals surface area contributed by atoms with Crippen LogP contribution in [0.5, 0.6) is 0 Å². The monoisotopic (exact) mass is 241 g/mol. The molecule has 1 aromatic heterocycles. The van der Waals surface area contributed by atoms with Crippen LogP contribution >= 0.6 is 11.3 Å². The van der Waals surface area contributed by atoms with E-state index in [4.69, 9.17) is 0 Å². The van der Waals surface area contributed by atoms with Gasteiger partial charge in [0.25, 0.3) is 0 Å². The number of carbonyl (C=O) groups excluding carboxylic acids is 1. The number of carbonyl (C=O) groups is 1. The van der Waals surface area contributed by atoms with Gasteiger partial charge in [0, 0.05) is 23.7 Å². The Morgan fingerprint density at radius 3 is 2.81 bits per heavy atom. The summed E-state index contributed by atoms with van der Waals surface area (Å²) in [7, 11) is 0. The fourth-order valence-electron chi connectivity index (χ4n) is 1.40. The SMILES string of the molecule is CCC(CC)NC(=O)CNCc1cncs1. The average Bonchev–Trinajstić information content (AvgIpc) is 2.79. The van der Waals surface area contributed by atoms with Crippen molar-refractivity contribution >= 4 is 17.2 Å². The van der Waals surface area contributed by atoms with E-state index >= 15 is 0 Å². The maximum absolute atomic E-state index is 11.5. The molecule has 0 spiro atoms. The molecule has 16 heavy (non-hydrogen) atoms. The van der Waals surface area contributed by atoms with Crippen molar-refractivity contribution in [2.24, 2.45) is 0 Å². The fourth-order valence-corrected chi connectivity index (χ4v) is 1.96. The molecule has 0 fully saturated rings. The molecule has 1 aromatic rings. The Morgan fingerprint density at radius 1 is 1.50 bits per heavy atom. The Bertz CT molecular complexity index is 296. The third-order valence-electron chi connectivity index (χ3n) is 2.42. The van der Waals surface area contributed by atoms with Crippen molar-refractivity contribution in [1.82, 2.24) is 15.6 Å². The molecule has 0 saturated carbocycles. The molecule has 0 aliphatic carbocycles. The van der Waals surface area contributed by atoms with Crippen LogP contribution in [-0.2, 0) is 11.3 Å². The molecule has 2 N–H and O–H groups in total. The number of nitrogens with one attached hydrogen (secondary N) is 2. The maximum Gasteiger partial charge on any atom is 0.234 e. The van der Waals surface area contributed by atoms with Gasteiger partial charge >= 0.3 is 0 Å². The zero-order valence-corrected chi connectivity index (χ0v) is 10.6. The van der Waals surface area contributed by atoms with Gasteiger partial charge in [-0.15, -0.1) is 11.3 Å². The van der Waals surface area contributed by atoms with E-state index in [1.165, 1.54) is 0 Å². The minimum atomic E-state index is 0.0678. The van der Waals surface area contributed by atoms with Crippen LogP contribution in [0.25, 0.3) is 0 Å². The number of amides is 1. The van der Waals surface area contributed by atoms with E-state index in [2.05, 4.69) is 29.5 Å². The summed E-state index contributed by atoms with van der Waals surface area (Å²) < 4.78 is 0. The highest BCUT2D eigenvalue weighted by molar-refractivity contribution is 7.09. The lowest BCUT2D eigenvalue weighted by molar-refractivity contribution is -0.121. The Labute approximate surface area is 100 Å². The highest BCUT2D eigenvalue weighted by Gasteiger charge is 2.07. The smallest absolute Gasteiger partial charge is 0.234 e. The topological polar surface area (TPSA) is 54.0 Å². The van der Waals surface area contributed by atoms with Gasteiger partial charge in [-0.3, -0.25) is 9.78 Å². The second-order valence-electron chi connectivity index (χ2n) is 3.65. The number of hydrogen-bond donors (Lipinski definition) is 2. The highest BCUT2D eigenvalue weighted by Crippen LogP contribution is 2.03. The molecule has 0 unspecified atom stereocenters. The summed E-state index contributed by atoms with van der Waals surface area (Å²) in [6.07, 6.45) is 3.78. The molecule has 0 aromatic carbocycles. The highest BCUT2D eigenvalue weighted by atomic mass is 32.1. The molecule has 0 saturated heterocycles. The van der Waals surface area contributed by atoms with Crippen LogP contribution < -0.4 is 10.6 Å². The molecule has 1 heterocycles. The fraction of sp³-hybridized carbons (Fsp3) is 0.636.